The van der Waals surface area contributed by atoms with Crippen molar-refractivity contribution >= 4 is 73.9 Å². The number of pyridine rings is 1. The fourth-order valence-electron chi connectivity index (χ4n) is 9.00. The number of nitrogens with zero attached hydrogens (tertiary/aromatic N) is 4. The van der Waals surface area contributed by atoms with E-state index in [2.05, 4.69) is 222 Å². The summed E-state index contributed by atoms with van der Waals surface area (Å²) in [6.45, 7) is 9.66. The molecule has 5 nitrogen and oxygen atoms in total. The molecule has 6 heteroatoms. The molecule has 0 spiro atoms. The van der Waals surface area contributed by atoms with E-state index in [0.29, 0.717) is 6.67 Å². The molecule has 10 aromatic rings. The van der Waals surface area contributed by atoms with Crippen LogP contribution in [0.25, 0.3) is 58.8 Å². The van der Waals surface area contributed by atoms with Crippen LogP contribution in [0.5, 0.6) is 11.5 Å². The van der Waals surface area contributed by atoms with Crippen LogP contribution in [-0.2, 0) is 5.41 Å². The van der Waals surface area contributed by atoms with E-state index in [-0.39, 0.29) is 5.41 Å². The van der Waals surface area contributed by atoms with Crippen LogP contribution in [0, 0.1) is 6.92 Å². The molecule has 11 rings (SSSR count). The first-order valence-corrected chi connectivity index (χ1v) is 23.4. The fraction of sp³-hybridized carbons (Fsp3) is 0.109. The van der Waals surface area contributed by atoms with Gasteiger partial charge in [0.05, 0.1) is 17.1 Å². The zero-order chi connectivity index (χ0) is 41.2. The predicted octanol–water partition coefficient (Wildman–Crippen LogP) is 14.4. The summed E-state index contributed by atoms with van der Waals surface area (Å²) in [5.74, 6) is 2.56. The van der Waals surface area contributed by atoms with Gasteiger partial charge in [0, 0.05) is 11.1 Å². The summed E-state index contributed by atoms with van der Waals surface area (Å²) in [4.78, 5) is 10.2. The molecule has 0 radical (unpaired) electrons. The summed E-state index contributed by atoms with van der Waals surface area (Å²) in [5, 5.41) is 3.68. The molecule has 0 aliphatic carbocycles. The molecular formula is C55H44N4OTe. The van der Waals surface area contributed by atoms with Crippen LogP contribution in [0.1, 0.15) is 31.9 Å². The van der Waals surface area contributed by atoms with Crippen LogP contribution in [0.15, 0.2) is 180 Å². The van der Waals surface area contributed by atoms with E-state index in [9.17, 15) is 0 Å². The van der Waals surface area contributed by atoms with Crippen molar-refractivity contribution < 1.29 is 4.74 Å². The summed E-state index contributed by atoms with van der Waals surface area (Å²) in [7, 11) is 0. The molecule has 0 unspecified atom stereocenters. The Morgan fingerprint density at radius 1 is 0.557 bits per heavy atom. The first-order chi connectivity index (χ1) is 29.8. The van der Waals surface area contributed by atoms with Crippen molar-refractivity contribution in [3.63, 3.8) is 0 Å². The van der Waals surface area contributed by atoms with Crippen LogP contribution in [0.3, 0.4) is 0 Å². The Kier molecular flexibility index (Phi) is 9.11. The molecule has 0 amide bonds. The summed E-state index contributed by atoms with van der Waals surface area (Å²) in [6, 6.07) is 63.4. The number of benzene rings is 7. The van der Waals surface area contributed by atoms with Crippen LogP contribution < -0.4 is 14.5 Å². The van der Waals surface area contributed by atoms with Gasteiger partial charge >= 0.3 is 194 Å². The van der Waals surface area contributed by atoms with Crippen LogP contribution in [0.2, 0.25) is 0 Å². The molecule has 7 aromatic carbocycles. The molecule has 61 heavy (non-hydrogen) atoms. The normalized spacial score (nSPS) is 12.8. The second-order valence-corrected chi connectivity index (χ2v) is 19.5. The van der Waals surface area contributed by atoms with Gasteiger partial charge in [0.15, 0.2) is 0 Å². The molecule has 3 aromatic heterocycles. The summed E-state index contributed by atoms with van der Waals surface area (Å²) < 4.78 is 12.9. The fourth-order valence-corrected chi connectivity index (χ4v) is 11.4. The molecule has 0 saturated heterocycles. The Morgan fingerprint density at radius 2 is 1.21 bits per heavy atom. The number of fused-ring (bicyclic) bond motifs is 5. The van der Waals surface area contributed by atoms with E-state index in [0.717, 1.165) is 39.7 Å². The monoisotopic (exact) mass is 906 g/mol. The van der Waals surface area contributed by atoms with E-state index in [4.69, 9.17) is 9.72 Å². The van der Waals surface area contributed by atoms with Gasteiger partial charge in [-0.05, 0) is 23.3 Å². The Hall–Kier alpha value is -6.58. The Bertz CT molecular complexity index is 3210. The first kappa shape index (κ1) is 37.4. The molecule has 296 valence electrons. The van der Waals surface area contributed by atoms with E-state index >= 15 is 0 Å². The molecule has 0 saturated carbocycles. The van der Waals surface area contributed by atoms with Crippen molar-refractivity contribution in [2.24, 2.45) is 0 Å². The van der Waals surface area contributed by atoms with Gasteiger partial charge in [-0.25, -0.2) is 0 Å². The zero-order valence-corrected chi connectivity index (χ0v) is 37.0. The Morgan fingerprint density at radius 3 is 1.93 bits per heavy atom. The van der Waals surface area contributed by atoms with Gasteiger partial charge in [0.2, 0.25) is 0 Å². The van der Waals surface area contributed by atoms with Gasteiger partial charge in [0.25, 0.3) is 0 Å². The summed E-state index contributed by atoms with van der Waals surface area (Å²) in [6.07, 6.45) is 0. The number of para-hydroxylation sites is 4. The van der Waals surface area contributed by atoms with Crippen molar-refractivity contribution in [2.75, 3.05) is 16.5 Å². The van der Waals surface area contributed by atoms with Gasteiger partial charge in [-0.2, -0.15) is 0 Å². The number of anilines is 4. The molecule has 4 heterocycles. The van der Waals surface area contributed by atoms with Gasteiger partial charge < -0.3 is 4.90 Å². The number of hydrogen-bond donors (Lipinski definition) is 0. The van der Waals surface area contributed by atoms with Crippen molar-refractivity contribution in [1.82, 2.24) is 9.55 Å². The number of ether oxygens (including phenoxy) is 1. The number of rotatable bonds is 7. The predicted molar refractivity (Wildman–Crippen MR) is 256 cm³/mol. The third kappa shape index (κ3) is 6.59. The van der Waals surface area contributed by atoms with Crippen LogP contribution in [0.4, 0.5) is 22.7 Å². The molecule has 0 atom stereocenters. The first-order valence-electron chi connectivity index (χ1n) is 20.9. The molecular weight excluding hydrogens is 860 g/mol. The standard InChI is InChI=1S/C55H44N4OTe/c1-36-30-52(56-54-43(36)28-29-61-54)59-48-23-12-11-20-46(48)47-27-26-41(34-51(47)59)60-42-32-39(55(2,3)4)31-40(33-42)57-35-58(50-25-14-13-24-49(50)57)53-44(37-16-7-5-8-17-37)21-15-22-45(53)38-18-9-6-10-19-38/h5-34H,35H2,1-4H3. The van der Waals surface area contributed by atoms with Gasteiger partial charge in [-0.15, -0.1) is 0 Å². The Labute approximate surface area is 366 Å². The zero-order valence-electron chi connectivity index (χ0n) is 34.6. The van der Waals surface area contributed by atoms with Crippen LogP contribution >= 0.6 is 0 Å². The van der Waals surface area contributed by atoms with Crippen molar-refractivity contribution in [3.8, 4) is 39.6 Å². The number of hydrogen-bond acceptors (Lipinski definition) is 4. The van der Waals surface area contributed by atoms with Crippen molar-refractivity contribution in [2.45, 2.75) is 33.1 Å². The van der Waals surface area contributed by atoms with Crippen molar-refractivity contribution in [1.29, 1.82) is 0 Å². The van der Waals surface area contributed by atoms with E-state index in [1.807, 2.05) is 0 Å². The molecule has 0 N–H and O–H groups in total. The average molecular weight is 905 g/mol. The third-order valence-corrected chi connectivity index (χ3v) is 14.3. The third-order valence-electron chi connectivity index (χ3n) is 12.0. The topological polar surface area (TPSA) is 33.5 Å². The molecule has 1 aliphatic rings. The number of aromatic nitrogens is 2. The minimum atomic E-state index is -0.431. The maximum absolute atomic E-state index is 6.98. The van der Waals surface area contributed by atoms with Gasteiger partial charge in [0.1, 0.15) is 6.67 Å². The summed E-state index contributed by atoms with van der Waals surface area (Å²) >= 11 is -0.431. The quantitative estimate of drug-likeness (QED) is 0.149. The Balaban J connectivity index is 1.03. The molecule has 0 bridgehead atoms. The van der Waals surface area contributed by atoms with Crippen molar-refractivity contribution in [3.05, 3.63) is 191 Å². The molecule has 1 aliphatic heterocycles. The SMILES string of the molecule is Cc1cc(-n2c3ccccc3c3ccc(Oc4cc(N5CN(c6c(-c7ccccc7)cccc6-c6ccccc6)c6ccccc65)cc(C(C)(C)C)c4)cc32)nc2[te]ccc12. The average Bonchev–Trinajstić information content (AvgIpc) is 4.01. The summed E-state index contributed by atoms with van der Waals surface area (Å²) in [5.41, 5.74) is 13.9. The van der Waals surface area contributed by atoms with E-state index in [1.54, 1.807) is 0 Å². The second-order valence-electron chi connectivity index (χ2n) is 17.0. The van der Waals surface area contributed by atoms with Gasteiger partial charge in [-0.3, -0.25) is 0 Å². The van der Waals surface area contributed by atoms with Gasteiger partial charge in [-0.1, -0.05) is 112 Å². The second kappa shape index (κ2) is 14.9. The molecule has 0 fully saturated rings. The van der Waals surface area contributed by atoms with Crippen LogP contribution in [-0.4, -0.2) is 36.7 Å². The minimum absolute atomic E-state index is 0.126. The number of aryl methyl sites for hydroxylation is 1. The van der Waals surface area contributed by atoms with E-state index < -0.39 is 20.4 Å². The maximum atomic E-state index is 6.98. The van der Waals surface area contributed by atoms with E-state index in [1.165, 1.54) is 64.4 Å².